The zero-order chi connectivity index (χ0) is 12.4. The molecule has 0 unspecified atom stereocenters. The first-order valence-electron chi connectivity index (χ1n) is 5.21. The van der Waals surface area contributed by atoms with E-state index in [2.05, 4.69) is 11.8 Å². The number of hydrogen-bond acceptors (Lipinski definition) is 2. The quantitative estimate of drug-likeness (QED) is 0.594. The summed E-state index contributed by atoms with van der Waals surface area (Å²) in [5.74, 6) is 4.57. The number of benzene rings is 1. The number of hydrogen-bond donors (Lipinski definition) is 0. The van der Waals surface area contributed by atoms with E-state index in [-0.39, 0.29) is 0 Å². The van der Waals surface area contributed by atoms with Crippen LogP contribution in [0.4, 0.5) is 5.69 Å². The highest BCUT2D eigenvalue weighted by atomic mass is 35.5. The number of Topliss-reactive ketones (excluding diaryl/α,β-unsaturated/α-hetero) is 1. The summed E-state index contributed by atoms with van der Waals surface area (Å²) in [6, 6.07) is 5.07. The maximum Gasteiger partial charge on any atom is 0.299 e. The average molecular weight is 248 g/mol. The second-order valence-electron chi connectivity index (χ2n) is 3.60. The van der Waals surface area contributed by atoms with E-state index in [1.807, 2.05) is 0 Å². The molecule has 1 aliphatic heterocycles. The molecule has 1 aromatic carbocycles. The molecule has 3 nitrogen and oxygen atoms in total. The monoisotopic (exact) mass is 247 g/mol. The minimum Gasteiger partial charge on any atom is -0.304 e. The third kappa shape index (κ3) is 1.92. The molecule has 2 rings (SSSR count). The van der Waals surface area contributed by atoms with Gasteiger partial charge in [-0.25, -0.2) is 0 Å². The molecule has 86 valence electrons. The number of rotatable bonds is 2. The Morgan fingerprint density at radius 2 is 2.12 bits per heavy atom. The topological polar surface area (TPSA) is 37.4 Å². The fourth-order valence-corrected chi connectivity index (χ4v) is 2.07. The summed E-state index contributed by atoms with van der Waals surface area (Å²) >= 11 is 5.93. The zero-order valence-corrected chi connectivity index (χ0v) is 10.0. The Morgan fingerprint density at radius 3 is 2.82 bits per heavy atom. The molecule has 17 heavy (non-hydrogen) atoms. The first kappa shape index (κ1) is 11.7. The van der Waals surface area contributed by atoms with Crippen LogP contribution in [-0.2, 0) is 4.79 Å². The van der Waals surface area contributed by atoms with E-state index in [9.17, 15) is 9.59 Å². The Balaban J connectivity index is 2.37. The standard InChI is InChI=1S/C13H10ClNO2/c1-2-3-4-8-15-10-7-5-6-9(14)11(10)12(16)13(15)17/h5-7H,4,8H2,1H3. The van der Waals surface area contributed by atoms with E-state index < -0.39 is 11.7 Å². The van der Waals surface area contributed by atoms with Crippen molar-refractivity contribution in [3.63, 3.8) is 0 Å². The van der Waals surface area contributed by atoms with Crippen molar-refractivity contribution in [2.24, 2.45) is 0 Å². The highest BCUT2D eigenvalue weighted by Gasteiger charge is 2.36. The van der Waals surface area contributed by atoms with E-state index in [0.717, 1.165) is 0 Å². The van der Waals surface area contributed by atoms with Gasteiger partial charge in [-0.1, -0.05) is 17.7 Å². The molecule has 0 fully saturated rings. The van der Waals surface area contributed by atoms with Gasteiger partial charge >= 0.3 is 0 Å². The summed E-state index contributed by atoms with van der Waals surface area (Å²) in [6.07, 6.45) is 0.543. The van der Waals surface area contributed by atoms with E-state index >= 15 is 0 Å². The number of carbonyl (C=O) groups excluding carboxylic acids is 2. The van der Waals surface area contributed by atoms with Crippen LogP contribution in [0.2, 0.25) is 5.02 Å². The molecule has 1 amide bonds. The van der Waals surface area contributed by atoms with Gasteiger partial charge in [-0.15, -0.1) is 11.8 Å². The summed E-state index contributed by atoms with van der Waals surface area (Å²) in [7, 11) is 0. The van der Waals surface area contributed by atoms with Crippen LogP contribution in [0.5, 0.6) is 0 Å². The largest absolute Gasteiger partial charge is 0.304 e. The molecule has 0 saturated carbocycles. The highest BCUT2D eigenvalue weighted by molar-refractivity contribution is 6.55. The molecule has 0 saturated heterocycles. The molecule has 1 heterocycles. The fraction of sp³-hybridized carbons (Fsp3) is 0.231. The number of amides is 1. The van der Waals surface area contributed by atoms with Crippen molar-refractivity contribution in [1.82, 2.24) is 0 Å². The summed E-state index contributed by atoms with van der Waals surface area (Å²) < 4.78 is 0. The summed E-state index contributed by atoms with van der Waals surface area (Å²) in [5.41, 5.74) is 0.897. The Kier molecular flexibility index (Phi) is 3.16. The van der Waals surface area contributed by atoms with Gasteiger partial charge in [0.05, 0.1) is 16.3 Å². The predicted octanol–water partition coefficient (Wildman–Crippen LogP) is 2.28. The van der Waals surface area contributed by atoms with Crippen molar-refractivity contribution in [1.29, 1.82) is 0 Å². The zero-order valence-electron chi connectivity index (χ0n) is 9.29. The maximum absolute atomic E-state index is 11.8. The molecular weight excluding hydrogens is 238 g/mol. The summed E-state index contributed by atoms with van der Waals surface area (Å²) in [4.78, 5) is 25.0. The number of halogens is 1. The van der Waals surface area contributed by atoms with Crippen molar-refractivity contribution in [2.75, 3.05) is 11.4 Å². The number of anilines is 1. The van der Waals surface area contributed by atoms with Crippen molar-refractivity contribution >= 4 is 29.0 Å². The van der Waals surface area contributed by atoms with Gasteiger partial charge in [0.2, 0.25) is 0 Å². The molecule has 0 N–H and O–H groups in total. The maximum atomic E-state index is 11.8. The number of fused-ring (bicyclic) bond motifs is 1. The Labute approximate surface area is 104 Å². The van der Waals surface area contributed by atoms with Crippen LogP contribution in [-0.4, -0.2) is 18.2 Å². The molecule has 0 aromatic heterocycles. The lowest BCUT2D eigenvalue weighted by molar-refractivity contribution is -0.114. The van der Waals surface area contributed by atoms with Crippen molar-refractivity contribution < 1.29 is 9.59 Å². The van der Waals surface area contributed by atoms with Crippen LogP contribution in [0.3, 0.4) is 0 Å². The molecular formula is C13H10ClNO2. The van der Waals surface area contributed by atoms with Crippen LogP contribution in [0.1, 0.15) is 23.7 Å². The molecule has 0 atom stereocenters. The third-order valence-corrected chi connectivity index (χ3v) is 2.90. The SMILES string of the molecule is CC#CCCN1C(=O)C(=O)c2c(Cl)cccc21. The van der Waals surface area contributed by atoms with E-state index in [4.69, 9.17) is 11.6 Å². The number of carbonyl (C=O) groups is 2. The normalized spacial score (nSPS) is 13.4. The molecule has 0 spiro atoms. The lowest BCUT2D eigenvalue weighted by atomic mass is 10.1. The smallest absolute Gasteiger partial charge is 0.299 e. The minimum atomic E-state index is -0.532. The van der Waals surface area contributed by atoms with Crippen LogP contribution >= 0.6 is 11.6 Å². The van der Waals surface area contributed by atoms with Crippen molar-refractivity contribution in [3.8, 4) is 11.8 Å². The average Bonchev–Trinajstić information content (AvgIpc) is 2.55. The molecule has 0 bridgehead atoms. The second-order valence-corrected chi connectivity index (χ2v) is 4.00. The number of ketones is 1. The second kappa shape index (κ2) is 4.60. The van der Waals surface area contributed by atoms with Crippen molar-refractivity contribution in [2.45, 2.75) is 13.3 Å². The van der Waals surface area contributed by atoms with Crippen molar-refractivity contribution in [3.05, 3.63) is 28.8 Å². The fourth-order valence-electron chi connectivity index (χ4n) is 1.82. The van der Waals surface area contributed by atoms with Gasteiger partial charge in [-0.3, -0.25) is 9.59 Å². The third-order valence-electron chi connectivity index (χ3n) is 2.59. The summed E-state index contributed by atoms with van der Waals surface area (Å²) in [5, 5.41) is 0.324. The first-order valence-corrected chi connectivity index (χ1v) is 5.59. The molecule has 1 aliphatic rings. The van der Waals surface area contributed by atoms with Gasteiger partial charge in [0.1, 0.15) is 0 Å². The van der Waals surface area contributed by atoms with Gasteiger partial charge in [0.15, 0.2) is 0 Å². The van der Waals surface area contributed by atoms with E-state index in [0.29, 0.717) is 29.2 Å². The summed E-state index contributed by atoms with van der Waals surface area (Å²) in [6.45, 7) is 2.15. The number of nitrogens with zero attached hydrogens (tertiary/aromatic N) is 1. The van der Waals surface area contributed by atoms with E-state index in [1.165, 1.54) is 4.90 Å². The van der Waals surface area contributed by atoms with Crippen LogP contribution in [0, 0.1) is 11.8 Å². The molecule has 0 radical (unpaired) electrons. The van der Waals surface area contributed by atoms with Gasteiger partial charge in [0.25, 0.3) is 11.7 Å². The van der Waals surface area contributed by atoms with E-state index in [1.54, 1.807) is 25.1 Å². The highest BCUT2D eigenvalue weighted by Crippen LogP contribution is 2.33. The Bertz CT molecular complexity index is 554. The van der Waals surface area contributed by atoms with Gasteiger partial charge in [-0.05, 0) is 19.1 Å². The minimum absolute atomic E-state index is 0.309. The lowest BCUT2D eigenvalue weighted by Crippen LogP contribution is -2.30. The molecule has 0 aliphatic carbocycles. The van der Waals surface area contributed by atoms with Crippen LogP contribution in [0.25, 0.3) is 0 Å². The predicted molar refractivity (Wildman–Crippen MR) is 66.2 cm³/mol. The molecule has 4 heteroatoms. The Morgan fingerprint density at radius 1 is 1.35 bits per heavy atom. The lowest BCUT2D eigenvalue weighted by Gasteiger charge is -2.14. The van der Waals surface area contributed by atoms with Gasteiger partial charge < -0.3 is 4.90 Å². The first-order chi connectivity index (χ1) is 8.16. The molecule has 1 aromatic rings. The van der Waals surface area contributed by atoms with Crippen LogP contribution in [0.15, 0.2) is 18.2 Å². The Hall–Kier alpha value is -1.79. The van der Waals surface area contributed by atoms with Gasteiger partial charge in [-0.2, -0.15) is 0 Å². The van der Waals surface area contributed by atoms with Gasteiger partial charge in [0, 0.05) is 13.0 Å². The van der Waals surface area contributed by atoms with Crippen LogP contribution < -0.4 is 4.90 Å².